The van der Waals surface area contributed by atoms with Gasteiger partial charge in [0, 0.05) is 19.1 Å². The third-order valence-corrected chi connectivity index (χ3v) is 7.06. The van der Waals surface area contributed by atoms with Gasteiger partial charge in [-0.15, -0.1) is 0 Å². The van der Waals surface area contributed by atoms with Crippen LogP contribution < -0.4 is 5.32 Å². The van der Waals surface area contributed by atoms with E-state index in [9.17, 15) is 18.0 Å². The Balaban J connectivity index is 1.85. The predicted octanol–water partition coefficient (Wildman–Crippen LogP) is 1.66. The Labute approximate surface area is 171 Å². The van der Waals surface area contributed by atoms with Crippen molar-refractivity contribution in [3.05, 3.63) is 29.8 Å². The number of piperidine rings is 1. The zero-order valence-electron chi connectivity index (χ0n) is 16.9. The summed E-state index contributed by atoms with van der Waals surface area (Å²) < 4.78 is 31.9. The van der Waals surface area contributed by atoms with Gasteiger partial charge >= 0.3 is 5.97 Å². The molecular formula is C20H27N3O5S. The van der Waals surface area contributed by atoms with Gasteiger partial charge in [-0.3, -0.25) is 9.59 Å². The highest BCUT2D eigenvalue weighted by atomic mass is 32.2. The normalized spacial score (nSPS) is 16.8. The van der Waals surface area contributed by atoms with Crippen LogP contribution in [0.4, 0.5) is 0 Å². The number of nitrogens with zero attached hydrogens (tertiary/aromatic N) is 2. The van der Waals surface area contributed by atoms with E-state index in [0.29, 0.717) is 18.4 Å². The van der Waals surface area contributed by atoms with Crippen LogP contribution >= 0.6 is 0 Å². The van der Waals surface area contributed by atoms with Crippen molar-refractivity contribution in [2.45, 2.75) is 44.6 Å². The zero-order chi connectivity index (χ0) is 21.6. The largest absolute Gasteiger partial charge is 0.455 e. The molecule has 1 saturated heterocycles. The smallest absolute Gasteiger partial charge is 0.309 e. The van der Waals surface area contributed by atoms with Crippen molar-refractivity contribution in [3.8, 4) is 6.07 Å². The maximum absolute atomic E-state index is 12.7. The molecular weight excluding hydrogens is 394 g/mol. The molecule has 1 heterocycles. The average Bonchev–Trinajstić information content (AvgIpc) is 2.72. The number of carbonyl (C=O) groups excluding carboxylic acids is 2. The highest BCUT2D eigenvalue weighted by molar-refractivity contribution is 7.89. The average molecular weight is 422 g/mol. The first-order valence-corrected chi connectivity index (χ1v) is 11.1. The minimum Gasteiger partial charge on any atom is -0.455 e. The lowest BCUT2D eigenvalue weighted by Crippen LogP contribution is -2.42. The summed E-state index contributed by atoms with van der Waals surface area (Å²) in [5.41, 5.74) is 0.386. The van der Waals surface area contributed by atoms with E-state index in [-0.39, 0.29) is 42.5 Å². The van der Waals surface area contributed by atoms with Gasteiger partial charge in [-0.25, -0.2) is 8.42 Å². The summed E-state index contributed by atoms with van der Waals surface area (Å²) >= 11 is 0. The van der Waals surface area contributed by atoms with E-state index in [1.807, 2.05) is 26.8 Å². The molecule has 9 heteroatoms. The van der Waals surface area contributed by atoms with E-state index in [4.69, 9.17) is 10.00 Å². The number of rotatable bonds is 7. The molecule has 0 unspecified atom stereocenters. The molecule has 1 N–H and O–H groups in total. The molecule has 0 aliphatic carbocycles. The lowest BCUT2D eigenvalue weighted by atomic mass is 9.98. The van der Waals surface area contributed by atoms with Crippen molar-refractivity contribution in [1.29, 1.82) is 5.26 Å². The van der Waals surface area contributed by atoms with Crippen LogP contribution in [0.15, 0.2) is 29.2 Å². The first-order valence-electron chi connectivity index (χ1n) is 9.61. The highest BCUT2D eigenvalue weighted by Gasteiger charge is 2.33. The number of esters is 1. The molecule has 2 rings (SSSR count). The second-order valence-electron chi connectivity index (χ2n) is 7.52. The quantitative estimate of drug-likeness (QED) is 0.669. The number of hydrogen-bond donors (Lipinski definition) is 1. The van der Waals surface area contributed by atoms with E-state index in [1.54, 1.807) is 0 Å². The number of nitrogens with one attached hydrogen (secondary N) is 1. The second-order valence-corrected chi connectivity index (χ2v) is 9.46. The van der Waals surface area contributed by atoms with E-state index in [2.05, 4.69) is 5.32 Å². The molecule has 0 saturated carbocycles. The molecule has 1 aliphatic heterocycles. The van der Waals surface area contributed by atoms with Crippen LogP contribution in [0.2, 0.25) is 0 Å². The molecule has 1 aliphatic rings. The van der Waals surface area contributed by atoms with Gasteiger partial charge in [0.25, 0.3) is 5.91 Å². The first-order chi connectivity index (χ1) is 13.6. The molecule has 1 aromatic rings. The Morgan fingerprint density at radius 1 is 1.21 bits per heavy atom. The van der Waals surface area contributed by atoms with Crippen molar-refractivity contribution >= 4 is 21.9 Å². The highest BCUT2D eigenvalue weighted by Crippen LogP contribution is 2.24. The maximum Gasteiger partial charge on any atom is 0.309 e. The number of nitriles is 1. The van der Waals surface area contributed by atoms with Crippen molar-refractivity contribution in [1.82, 2.24) is 9.62 Å². The van der Waals surface area contributed by atoms with Crippen molar-refractivity contribution in [3.63, 3.8) is 0 Å². The Kier molecular flexibility index (Phi) is 7.76. The maximum atomic E-state index is 12.7. The van der Waals surface area contributed by atoms with E-state index < -0.39 is 21.9 Å². The SMILES string of the molecule is CC(C)[C@@H](C)NC(=O)COC(=O)C1CCN(S(=O)(=O)c2ccc(C#N)cc2)CC1. The molecule has 8 nitrogen and oxygen atoms in total. The molecule has 1 fully saturated rings. The standard InChI is InChI=1S/C20H27N3O5S/c1-14(2)15(3)22-19(24)13-28-20(25)17-8-10-23(11-9-17)29(26,27)18-6-4-16(12-21)5-7-18/h4-7,14-15,17H,8-11,13H2,1-3H3,(H,22,24)/t15-/m1/s1. The summed E-state index contributed by atoms with van der Waals surface area (Å²) in [7, 11) is -3.68. The second kappa shape index (κ2) is 9.85. The van der Waals surface area contributed by atoms with Gasteiger partial charge in [0.2, 0.25) is 10.0 Å². The Bertz CT molecular complexity index is 866. The number of hydrogen-bond acceptors (Lipinski definition) is 6. The van der Waals surface area contributed by atoms with Gasteiger partial charge < -0.3 is 10.1 Å². The lowest BCUT2D eigenvalue weighted by Gasteiger charge is -2.30. The molecule has 0 bridgehead atoms. The lowest BCUT2D eigenvalue weighted by molar-refractivity contribution is -0.153. The third-order valence-electron chi connectivity index (χ3n) is 5.14. The van der Waals surface area contributed by atoms with Crippen molar-refractivity contribution in [2.24, 2.45) is 11.8 Å². The van der Waals surface area contributed by atoms with Gasteiger partial charge in [-0.1, -0.05) is 13.8 Å². The minimum absolute atomic E-state index is 0.0168. The van der Waals surface area contributed by atoms with Crippen LogP contribution in [0.5, 0.6) is 0 Å². The summed E-state index contributed by atoms with van der Waals surface area (Å²) in [6.45, 7) is 5.90. The van der Waals surface area contributed by atoms with Crippen LogP contribution in [0.3, 0.4) is 0 Å². The van der Waals surface area contributed by atoms with Crippen LogP contribution in [0, 0.1) is 23.2 Å². The van der Waals surface area contributed by atoms with E-state index >= 15 is 0 Å². The molecule has 29 heavy (non-hydrogen) atoms. The topological polar surface area (TPSA) is 117 Å². The van der Waals surface area contributed by atoms with E-state index in [1.165, 1.54) is 28.6 Å². The number of benzene rings is 1. The summed E-state index contributed by atoms with van der Waals surface area (Å²) in [4.78, 5) is 24.2. The molecule has 1 atom stereocenters. The fraction of sp³-hybridized carbons (Fsp3) is 0.550. The summed E-state index contributed by atoms with van der Waals surface area (Å²) in [6.07, 6.45) is 0.663. The van der Waals surface area contributed by atoms with E-state index in [0.717, 1.165) is 0 Å². The van der Waals surface area contributed by atoms with Gasteiger partial charge in [0.15, 0.2) is 6.61 Å². The predicted molar refractivity (Wildman–Crippen MR) is 106 cm³/mol. The molecule has 0 radical (unpaired) electrons. The minimum atomic E-state index is -3.68. The van der Waals surface area contributed by atoms with Crippen LogP contribution in [0.25, 0.3) is 0 Å². The van der Waals surface area contributed by atoms with Crippen LogP contribution in [-0.4, -0.2) is 50.3 Å². The molecule has 0 aromatic heterocycles. The Hall–Kier alpha value is -2.44. The number of carbonyl (C=O) groups is 2. The van der Waals surface area contributed by atoms with Crippen molar-refractivity contribution in [2.75, 3.05) is 19.7 Å². The monoisotopic (exact) mass is 421 g/mol. The zero-order valence-corrected chi connectivity index (χ0v) is 17.7. The fourth-order valence-electron chi connectivity index (χ4n) is 2.90. The molecule has 1 amide bonds. The molecule has 0 spiro atoms. The summed E-state index contributed by atoms with van der Waals surface area (Å²) in [5.74, 6) is -0.983. The summed E-state index contributed by atoms with van der Waals surface area (Å²) in [5, 5.41) is 11.6. The van der Waals surface area contributed by atoms with Gasteiger partial charge in [0.05, 0.1) is 22.4 Å². The first kappa shape index (κ1) is 22.8. The number of sulfonamides is 1. The molecule has 158 valence electrons. The number of ether oxygens (including phenoxy) is 1. The third kappa shape index (κ3) is 6.02. The van der Waals surface area contributed by atoms with Gasteiger partial charge in [0.1, 0.15) is 0 Å². The Morgan fingerprint density at radius 2 is 1.79 bits per heavy atom. The fourth-order valence-corrected chi connectivity index (χ4v) is 4.37. The van der Waals surface area contributed by atoms with Gasteiger partial charge in [-0.05, 0) is 49.9 Å². The number of amides is 1. The van der Waals surface area contributed by atoms with Gasteiger partial charge in [-0.2, -0.15) is 9.57 Å². The van der Waals surface area contributed by atoms with Crippen LogP contribution in [-0.2, 0) is 24.3 Å². The van der Waals surface area contributed by atoms with Crippen LogP contribution in [0.1, 0.15) is 39.2 Å². The summed E-state index contributed by atoms with van der Waals surface area (Å²) in [6, 6.07) is 7.67. The Morgan fingerprint density at radius 3 is 2.31 bits per heavy atom. The molecule has 1 aromatic carbocycles. The van der Waals surface area contributed by atoms with Crippen molar-refractivity contribution < 1.29 is 22.7 Å².